The zero-order valence-electron chi connectivity index (χ0n) is 23.5. The van der Waals surface area contributed by atoms with Crippen LogP contribution in [0.2, 0.25) is 0 Å². The van der Waals surface area contributed by atoms with E-state index in [4.69, 9.17) is 14.5 Å². The molecule has 0 saturated heterocycles. The first-order chi connectivity index (χ1) is 19.3. The molecule has 0 unspecified atom stereocenters. The molecule has 0 aromatic carbocycles. The summed E-state index contributed by atoms with van der Waals surface area (Å²) in [5.74, 6) is 2.07. The minimum Gasteiger partial charge on any atom is -0.801 e. The maximum atomic E-state index is 12.1. The van der Waals surface area contributed by atoms with Gasteiger partial charge in [0, 0.05) is 49.4 Å². The van der Waals surface area contributed by atoms with Crippen LogP contribution in [0, 0.1) is 0 Å². The summed E-state index contributed by atoms with van der Waals surface area (Å²) >= 11 is 0. The average Bonchev–Trinajstić information content (AvgIpc) is 3.57. The number of nitrogens with one attached hydrogen (secondary N) is 2. The number of ether oxygens (including phenoxy) is 2. The zero-order valence-corrected chi connectivity index (χ0v) is 23.5. The van der Waals surface area contributed by atoms with Crippen LogP contribution in [0.25, 0.3) is 5.65 Å². The number of anilines is 2. The van der Waals surface area contributed by atoms with Crippen molar-refractivity contribution in [1.29, 1.82) is 0 Å². The van der Waals surface area contributed by atoms with Gasteiger partial charge in [0.05, 0.1) is 19.5 Å². The van der Waals surface area contributed by atoms with E-state index in [9.17, 15) is 9.90 Å². The highest BCUT2D eigenvalue weighted by atomic mass is 16.6. The second kappa shape index (κ2) is 13.3. The van der Waals surface area contributed by atoms with E-state index in [-0.39, 0.29) is 6.73 Å². The van der Waals surface area contributed by atoms with Crippen LogP contribution < -0.4 is 20.3 Å². The molecule has 13 nitrogen and oxygen atoms in total. The highest BCUT2D eigenvalue weighted by molar-refractivity contribution is 5.69. The highest BCUT2D eigenvalue weighted by Crippen LogP contribution is 2.20. The zero-order chi connectivity index (χ0) is 28.5. The predicted octanol–water partition coefficient (Wildman–Crippen LogP) is 1.95. The Kier molecular flexibility index (Phi) is 9.61. The van der Waals surface area contributed by atoms with Gasteiger partial charge in [0.2, 0.25) is 0 Å². The van der Waals surface area contributed by atoms with Crippen molar-refractivity contribution in [2.75, 3.05) is 30.4 Å². The Hall–Kier alpha value is -4.10. The molecule has 4 aromatic heterocycles. The second-order valence-electron chi connectivity index (χ2n) is 10.2. The van der Waals surface area contributed by atoms with Gasteiger partial charge in [-0.05, 0) is 39.7 Å². The van der Waals surface area contributed by atoms with Crippen LogP contribution in [-0.4, -0.2) is 60.8 Å². The fraction of sp³-hybridized carbons (Fsp3) is 0.481. The van der Waals surface area contributed by atoms with E-state index in [0.717, 1.165) is 45.9 Å². The molecule has 0 aliphatic carbocycles. The number of hydrogen-bond acceptors (Lipinski definition) is 10. The summed E-state index contributed by atoms with van der Waals surface area (Å²) in [6.45, 7) is 9.36. The van der Waals surface area contributed by atoms with Crippen molar-refractivity contribution in [1.82, 2.24) is 29.4 Å². The summed E-state index contributed by atoms with van der Waals surface area (Å²) in [7, 11) is 0. The summed E-state index contributed by atoms with van der Waals surface area (Å²) in [5, 5.41) is 26.7. The van der Waals surface area contributed by atoms with Gasteiger partial charge in [-0.25, -0.2) is 19.3 Å². The van der Waals surface area contributed by atoms with Gasteiger partial charge in [0.15, 0.2) is 23.9 Å². The Balaban J connectivity index is 1.25. The number of fused-ring (bicyclic) bond motifs is 1. The fourth-order valence-electron chi connectivity index (χ4n) is 3.89. The number of rotatable bonds is 13. The predicted molar refractivity (Wildman–Crippen MR) is 146 cm³/mol. The molecule has 4 heterocycles. The SMILES string of the molecule is CCc1cnn2c(NCc3ccc[n+](C[O-])c3)cc(NCCCOCCc3ncn(C(=O)OC(C)(C)C)n3)nc12. The van der Waals surface area contributed by atoms with Crippen LogP contribution >= 0.6 is 0 Å². The maximum absolute atomic E-state index is 12.1. The summed E-state index contributed by atoms with van der Waals surface area (Å²) in [5.41, 5.74) is 2.25. The van der Waals surface area contributed by atoms with Gasteiger partial charge < -0.3 is 25.2 Å². The highest BCUT2D eigenvalue weighted by Gasteiger charge is 2.19. The standard InChI is InChI=1S/C27H37N9O4/c1-5-21-16-31-36-24(29-15-20-8-6-11-34(17-20)19-37)14-23(32-25(21)36)28-10-7-12-39-13-9-22-30-18-35(33-22)26(38)40-27(2,3)4/h6,8,11,14,16-18,29H,5,7,9-10,12-13,15,19H2,1-4H3,(H,28,32). The van der Waals surface area contributed by atoms with Gasteiger partial charge in [0.25, 0.3) is 0 Å². The first-order valence-corrected chi connectivity index (χ1v) is 13.4. The third-order valence-corrected chi connectivity index (χ3v) is 5.83. The van der Waals surface area contributed by atoms with Gasteiger partial charge in [-0.1, -0.05) is 6.92 Å². The molecule has 214 valence electrons. The van der Waals surface area contributed by atoms with Crippen LogP contribution in [0.4, 0.5) is 16.4 Å². The van der Waals surface area contributed by atoms with Crippen molar-refractivity contribution in [3.8, 4) is 0 Å². The van der Waals surface area contributed by atoms with Crippen molar-refractivity contribution in [2.45, 2.75) is 65.8 Å². The van der Waals surface area contributed by atoms with Crippen LogP contribution in [-0.2, 0) is 35.6 Å². The molecule has 0 atom stereocenters. The van der Waals surface area contributed by atoms with Crippen molar-refractivity contribution in [3.05, 3.63) is 60.1 Å². The van der Waals surface area contributed by atoms with Gasteiger partial charge >= 0.3 is 6.09 Å². The molecule has 0 aliphatic rings. The molecule has 0 aliphatic heterocycles. The van der Waals surface area contributed by atoms with E-state index in [0.29, 0.717) is 38.5 Å². The van der Waals surface area contributed by atoms with Gasteiger partial charge in [-0.15, -0.1) is 5.10 Å². The van der Waals surface area contributed by atoms with E-state index < -0.39 is 11.7 Å². The number of pyridine rings is 1. The van der Waals surface area contributed by atoms with Crippen molar-refractivity contribution in [3.63, 3.8) is 0 Å². The van der Waals surface area contributed by atoms with E-state index in [1.165, 1.54) is 6.33 Å². The molecule has 0 saturated carbocycles. The molecule has 0 amide bonds. The van der Waals surface area contributed by atoms with Crippen LogP contribution in [0.5, 0.6) is 0 Å². The molecule has 0 spiro atoms. The Morgan fingerprint density at radius 2 is 2.08 bits per heavy atom. The minimum atomic E-state index is -0.596. The third-order valence-electron chi connectivity index (χ3n) is 5.83. The van der Waals surface area contributed by atoms with Crippen LogP contribution in [0.1, 0.15) is 51.1 Å². The maximum Gasteiger partial charge on any atom is 0.436 e. The third kappa shape index (κ3) is 7.96. The Bertz CT molecular complexity index is 1410. The smallest absolute Gasteiger partial charge is 0.436 e. The number of hydrogen-bond donors (Lipinski definition) is 2. The minimum absolute atomic E-state index is 0.320. The molecular formula is C27H37N9O4. The lowest BCUT2D eigenvalue weighted by molar-refractivity contribution is -0.815. The number of aromatic nitrogens is 7. The summed E-state index contributed by atoms with van der Waals surface area (Å²) in [6.07, 6.45) is 8.31. The van der Waals surface area contributed by atoms with Gasteiger partial charge in [-0.3, -0.25) is 0 Å². The van der Waals surface area contributed by atoms with E-state index in [1.807, 2.05) is 30.6 Å². The Morgan fingerprint density at radius 3 is 2.85 bits per heavy atom. The van der Waals surface area contributed by atoms with E-state index >= 15 is 0 Å². The summed E-state index contributed by atoms with van der Waals surface area (Å²) in [4.78, 5) is 21.0. The number of carbonyl (C=O) groups is 1. The molecule has 0 radical (unpaired) electrons. The van der Waals surface area contributed by atoms with Gasteiger partial charge in [0.1, 0.15) is 23.6 Å². The molecule has 0 fully saturated rings. The van der Waals surface area contributed by atoms with Crippen LogP contribution in [0.3, 0.4) is 0 Å². The number of carbonyl (C=O) groups excluding carboxylic acids is 1. The average molecular weight is 552 g/mol. The lowest BCUT2D eigenvalue weighted by Gasteiger charge is -2.18. The Morgan fingerprint density at radius 1 is 1.23 bits per heavy atom. The van der Waals surface area contributed by atoms with Crippen molar-refractivity contribution < 1.29 is 23.9 Å². The molecule has 40 heavy (non-hydrogen) atoms. The topological polar surface area (TPSA) is 147 Å². The van der Waals surface area contributed by atoms with E-state index in [1.54, 1.807) is 36.1 Å². The molecule has 4 rings (SSSR count). The molecule has 0 bridgehead atoms. The number of nitrogens with zero attached hydrogens (tertiary/aromatic N) is 7. The quantitative estimate of drug-likeness (QED) is 0.187. The van der Waals surface area contributed by atoms with Gasteiger partial charge in [-0.2, -0.15) is 14.3 Å². The largest absolute Gasteiger partial charge is 0.801 e. The first kappa shape index (κ1) is 28.9. The monoisotopic (exact) mass is 551 g/mol. The van der Waals surface area contributed by atoms with Crippen molar-refractivity contribution in [2.24, 2.45) is 0 Å². The number of aryl methyl sites for hydroxylation is 1. The Labute approximate surface area is 233 Å². The molecule has 4 aromatic rings. The molecule has 2 N–H and O–H groups in total. The molecular weight excluding hydrogens is 514 g/mol. The lowest BCUT2D eigenvalue weighted by Crippen LogP contribution is -2.40. The van der Waals surface area contributed by atoms with E-state index in [2.05, 4.69) is 32.7 Å². The normalized spacial score (nSPS) is 11.6. The first-order valence-electron chi connectivity index (χ1n) is 13.4. The van der Waals surface area contributed by atoms with Crippen molar-refractivity contribution >= 4 is 23.4 Å². The second-order valence-corrected chi connectivity index (χ2v) is 10.2. The summed E-state index contributed by atoms with van der Waals surface area (Å²) in [6, 6.07) is 5.76. The molecule has 13 heteroatoms. The summed E-state index contributed by atoms with van der Waals surface area (Å²) < 4.78 is 15.5. The lowest BCUT2D eigenvalue weighted by atomic mass is 10.2. The fourth-order valence-corrected chi connectivity index (χ4v) is 3.89. The van der Waals surface area contributed by atoms with Crippen LogP contribution in [0.15, 0.2) is 43.1 Å².